The highest BCUT2D eigenvalue weighted by atomic mass is 32.2. The first-order valence-corrected chi connectivity index (χ1v) is 11.2. The summed E-state index contributed by atoms with van der Waals surface area (Å²) in [6, 6.07) is 11.5. The first-order chi connectivity index (χ1) is 16.3. The summed E-state index contributed by atoms with van der Waals surface area (Å²) >= 11 is 1.14. The van der Waals surface area contributed by atoms with Gasteiger partial charge in [0.1, 0.15) is 11.6 Å². The summed E-state index contributed by atoms with van der Waals surface area (Å²) in [6.45, 7) is 3.38. The van der Waals surface area contributed by atoms with Gasteiger partial charge >= 0.3 is 5.97 Å². The quantitative estimate of drug-likeness (QED) is 0.229. The number of aryl methyl sites for hydroxylation is 1. The van der Waals surface area contributed by atoms with Gasteiger partial charge in [0.15, 0.2) is 16.8 Å². The molecule has 1 N–H and O–H groups in total. The second-order valence-corrected chi connectivity index (χ2v) is 8.40. The number of ether oxygens (including phenoxy) is 1. The highest BCUT2D eigenvalue weighted by molar-refractivity contribution is 7.99. The van der Waals surface area contributed by atoms with Crippen LogP contribution in [-0.2, 0) is 4.74 Å². The number of hydrogen-bond acceptors (Lipinski definition) is 6. The zero-order valence-electron chi connectivity index (χ0n) is 18.6. The maximum atomic E-state index is 13.5. The van der Waals surface area contributed by atoms with Crippen molar-refractivity contribution in [2.24, 2.45) is 0 Å². The smallest absolute Gasteiger partial charge is 0.339 e. The van der Waals surface area contributed by atoms with Crippen LogP contribution in [0.25, 0.3) is 17.1 Å². The third kappa shape index (κ3) is 4.49. The third-order valence-corrected chi connectivity index (χ3v) is 6.19. The molecule has 2 aromatic heterocycles. The molecule has 0 saturated heterocycles. The second kappa shape index (κ2) is 9.60. The van der Waals surface area contributed by atoms with Crippen molar-refractivity contribution in [3.63, 3.8) is 0 Å². The number of esters is 1. The minimum Gasteiger partial charge on any atom is -0.465 e. The molecule has 0 spiro atoms. The molecule has 0 amide bonds. The number of thioether (sulfide) groups is 1. The maximum Gasteiger partial charge on any atom is 0.339 e. The summed E-state index contributed by atoms with van der Waals surface area (Å²) in [7, 11) is 1.28. The molecule has 0 aliphatic rings. The average molecular weight is 483 g/mol. The Morgan fingerprint density at radius 3 is 2.24 bits per heavy atom. The standard InChI is InChI=1S/C24H20F2N4O3S/c1-13-20(23(32)33-3)14(2)27-21(13)19(31)12-34-24-29-28-22(15-4-6-16(25)7-5-15)30(24)18-10-8-17(26)9-11-18/h4-11,27H,12H2,1-3H3. The fraction of sp³-hybridized carbons (Fsp3) is 0.167. The number of halogens is 2. The summed E-state index contributed by atoms with van der Waals surface area (Å²) < 4.78 is 33.4. The van der Waals surface area contributed by atoms with Crippen molar-refractivity contribution in [1.82, 2.24) is 19.7 Å². The molecule has 0 fully saturated rings. The van der Waals surface area contributed by atoms with Crippen LogP contribution >= 0.6 is 11.8 Å². The van der Waals surface area contributed by atoms with Crippen LogP contribution < -0.4 is 0 Å². The Morgan fingerprint density at radius 2 is 1.62 bits per heavy atom. The van der Waals surface area contributed by atoms with Gasteiger partial charge in [0.25, 0.3) is 0 Å². The van der Waals surface area contributed by atoms with Crippen molar-refractivity contribution >= 4 is 23.5 Å². The van der Waals surface area contributed by atoms with E-state index in [-0.39, 0.29) is 17.4 Å². The molecule has 4 rings (SSSR count). The first-order valence-electron chi connectivity index (χ1n) is 10.2. The molecule has 7 nitrogen and oxygen atoms in total. The SMILES string of the molecule is COC(=O)c1c(C)[nH]c(C(=O)CSc2nnc(-c3ccc(F)cc3)n2-c2ccc(F)cc2)c1C. The number of rotatable bonds is 7. The zero-order valence-corrected chi connectivity index (χ0v) is 19.4. The van der Waals surface area contributed by atoms with Crippen molar-refractivity contribution < 1.29 is 23.1 Å². The Balaban J connectivity index is 1.66. The summed E-state index contributed by atoms with van der Waals surface area (Å²) in [6.07, 6.45) is 0. The van der Waals surface area contributed by atoms with E-state index in [4.69, 9.17) is 4.74 Å². The number of Topliss-reactive ketones (excluding diaryl/α,β-unsaturated/α-hetero) is 1. The molecule has 0 radical (unpaired) electrons. The number of H-pyrrole nitrogens is 1. The van der Waals surface area contributed by atoms with Gasteiger partial charge < -0.3 is 9.72 Å². The molecular weight excluding hydrogens is 462 g/mol. The molecule has 4 aromatic rings. The normalized spacial score (nSPS) is 11.0. The zero-order chi connectivity index (χ0) is 24.4. The molecule has 0 aliphatic carbocycles. The predicted molar refractivity (Wildman–Crippen MR) is 123 cm³/mol. The second-order valence-electron chi connectivity index (χ2n) is 7.45. The van der Waals surface area contributed by atoms with Gasteiger partial charge in [-0.25, -0.2) is 13.6 Å². The third-order valence-electron chi connectivity index (χ3n) is 5.26. The fourth-order valence-electron chi connectivity index (χ4n) is 3.61. The minimum atomic E-state index is -0.516. The average Bonchev–Trinajstić information content (AvgIpc) is 3.38. The maximum absolute atomic E-state index is 13.5. The number of nitrogens with one attached hydrogen (secondary N) is 1. The van der Waals surface area contributed by atoms with E-state index in [1.165, 1.54) is 31.4 Å². The van der Waals surface area contributed by atoms with E-state index in [9.17, 15) is 18.4 Å². The van der Waals surface area contributed by atoms with Crippen molar-refractivity contribution in [3.8, 4) is 17.1 Å². The van der Waals surface area contributed by atoms with Crippen molar-refractivity contribution in [3.05, 3.63) is 82.7 Å². The van der Waals surface area contributed by atoms with E-state index in [1.54, 1.807) is 42.7 Å². The molecule has 0 aliphatic heterocycles. The first kappa shape index (κ1) is 23.4. The van der Waals surface area contributed by atoms with Gasteiger partial charge in [-0.05, 0) is 67.9 Å². The van der Waals surface area contributed by atoms with Crippen LogP contribution in [0.1, 0.15) is 32.1 Å². The Labute approximate surface area is 198 Å². The minimum absolute atomic E-state index is 0.00412. The van der Waals surface area contributed by atoms with E-state index in [0.29, 0.717) is 44.7 Å². The molecule has 0 atom stereocenters. The summed E-state index contributed by atoms with van der Waals surface area (Å²) in [4.78, 5) is 28.0. The van der Waals surface area contributed by atoms with Crippen LogP contribution in [-0.4, -0.2) is 44.4 Å². The largest absolute Gasteiger partial charge is 0.465 e. The number of benzene rings is 2. The number of carbonyl (C=O) groups is 2. The molecule has 0 bridgehead atoms. The molecule has 2 heterocycles. The lowest BCUT2D eigenvalue weighted by Gasteiger charge is -2.10. The number of ketones is 1. The Bertz CT molecular complexity index is 1360. The topological polar surface area (TPSA) is 89.9 Å². The summed E-state index contributed by atoms with van der Waals surface area (Å²) in [5.74, 6) is -1.12. The van der Waals surface area contributed by atoms with Gasteiger partial charge in [0.05, 0.1) is 24.1 Å². The van der Waals surface area contributed by atoms with Gasteiger partial charge in [-0.15, -0.1) is 10.2 Å². The van der Waals surface area contributed by atoms with E-state index in [1.807, 2.05) is 0 Å². The van der Waals surface area contributed by atoms with Gasteiger partial charge in [0.2, 0.25) is 0 Å². The molecular formula is C24H20F2N4O3S. The van der Waals surface area contributed by atoms with Gasteiger partial charge in [-0.2, -0.15) is 0 Å². The Morgan fingerprint density at radius 1 is 1.00 bits per heavy atom. The highest BCUT2D eigenvalue weighted by Crippen LogP contribution is 2.29. The number of nitrogens with zero attached hydrogens (tertiary/aromatic N) is 3. The lowest BCUT2D eigenvalue weighted by Crippen LogP contribution is -2.08. The number of carbonyl (C=O) groups excluding carboxylic acids is 2. The Hall–Kier alpha value is -3.79. The van der Waals surface area contributed by atoms with Gasteiger partial charge in [-0.3, -0.25) is 9.36 Å². The Kier molecular flexibility index (Phi) is 6.60. The highest BCUT2D eigenvalue weighted by Gasteiger charge is 2.24. The van der Waals surface area contributed by atoms with Crippen LogP contribution in [0.4, 0.5) is 8.78 Å². The molecule has 0 unspecified atom stereocenters. The molecule has 34 heavy (non-hydrogen) atoms. The van der Waals surface area contributed by atoms with Crippen LogP contribution in [0, 0.1) is 25.5 Å². The number of methoxy groups -OCH3 is 1. The molecule has 10 heteroatoms. The summed E-state index contributed by atoms with van der Waals surface area (Å²) in [5.41, 5.74) is 2.91. The predicted octanol–water partition coefficient (Wildman–Crippen LogP) is 4.92. The fourth-order valence-corrected chi connectivity index (χ4v) is 4.44. The van der Waals surface area contributed by atoms with Crippen molar-refractivity contribution in [2.75, 3.05) is 12.9 Å². The lowest BCUT2D eigenvalue weighted by molar-refractivity contribution is 0.0599. The molecule has 0 saturated carbocycles. The van der Waals surface area contributed by atoms with Gasteiger partial charge in [0, 0.05) is 16.9 Å². The van der Waals surface area contributed by atoms with E-state index in [2.05, 4.69) is 15.2 Å². The monoisotopic (exact) mass is 482 g/mol. The van der Waals surface area contributed by atoms with E-state index in [0.717, 1.165) is 11.8 Å². The van der Waals surface area contributed by atoms with E-state index >= 15 is 0 Å². The van der Waals surface area contributed by atoms with Gasteiger partial charge in [-0.1, -0.05) is 11.8 Å². The lowest BCUT2D eigenvalue weighted by atomic mass is 10.1. The van der Waals surface area contributed by atoms with Crippen molar-refractivity contribution in [2.45, 2.75) is 19.0 Å². The number of aromatic nitrogens is 4. The van der Waals surface area contributed by atoms with Crippen LogP contribution in [0.5, 0.6) is 0 Å². The van der Waals surface area contributed by atoms with Crippen molar-refractivity contribution in [1.29, 1.82) is 0 Å². The molecule has 174 valence electrons. The number of hydrogen-bond donors (Lipinski definition) is 1. The van der Waals surface area contributed by atoms with Crippen LogP contribution in [0.2, 0.25) is 0 Å². The van der Waals surface area contributed by atoms with Crippen LogP contribution in [0.15, 0.2) is 53.7 Å². The summed E-state index contributed by atoms with van der Waals surface area (Å²) in [5, 5.41) is 8.85. The number of aromatic amines is 1. The molecule has 2 aromatic carbocycles. The van der Waals surface area contributed by atoms with E-state index < -0.39 is 11.8 Å². The van der Waals surface area contributed by atoms with Crippen LogP contribution in [0.3, 0.4) is 0 Å².